The van der Waals surface area contributed by atoms with Crippen molar-refractivity contribution in [2.45, 2.75) is 26.7 Å². The molecular weight excluding hydrogens is 298 g/mol. The number of nitrogens with zero attached hydrogens (tertiary/aromatic N) is 2. The minimum absolute atomic E-state index is 0.327. The van der Waals surface area contributed by atoms with Gasteiger partial charge >= 0.3 is 5.97 Å². The number of aryl methyl sites for hydroxylation is 1. The Morgan fingerprint density at radius 1 is 1.36 bits per heavy atom. The highest BCUT2D eigenvalue weighted by molar-refractivity contribution is 7.17. The molecule has 0 fully saturated rings. The van der Waals surface area contributed by atoms with Crippen LogP contribution in [0.5, 0.6) is 0 Å². The number of ether oxygens (including phenoxy) is 1. The third-order valence-electron chi connectivity index (χ3n) is 3.47. The molecule has 1 aliphatic rings. The number of carbonyl (C=O) groups excluding carboxylic acids is 1. The Balaban J connectivity index is 1.69. The van der Waals surface area contributed by atoms with E-state index in [0.717, 1.165) is 18.6 Å². The van der Waals surface area contributed by atoms with Crippen LogP contribution in [-0.2, 0) is 17.6 Å². The standard InChI is InChI=1S/C16H17N3O2S/c1-3-21-15(20)14-10(2)17-16(22-14)19-18-13-8-11-6-4-5-7-12(11)9-13/h4-7H,3,8-9H2,1-2H3,(H,17,19). The fourth-order valence-electron chi connectivity index (χ4n) is 2.44. The molecule has 0 atom stereocenters. The average molecular weight is 315 g/mol. The van der Waals surface area contributed by atoms with E-state index < -0.39 is 0 Å². The quantitative estimate of drug-likeness (QED) is 0.695. The van der Waals surface area contributed by atoms with Gasteiger partial charge in [0.2, 0.25) is 5.13 Å². The number of hydrogen-bond acceptors (Lipinski definition) is 6. The predicted octanol–water partition coefficient (Wildman–Crippen LogP) is 3.19. The molecule has 5 nitrogen and oxygen atoms in total. The van der Waals surface area contributed by atoms with Crippen LogP contribution in [0.4, 0.5) is 5.13 Å². The van der Waals surface area contributed by atoms with Crippen LogP contribution in [0.3, 0.4) is 0 Å². The minimum Gasteiger partial charge on any atom is -0.462 e. The first kappa shape index (κ1) is 14.7. The van der Waals surface area contributed by atoms with Gasteiger partial charge in [-0.3, -0.25) is 5.43 Å². The van der Waals surface area contributed by atoms with Crippen molar-refractivity contribution in [1.29, 1.82) is 0 Å². The lowest BCUT2D eigenvalue weighted by molar-refractivity contribution is 0.0531. The molecule has 0 spiro atoms. The third kappa shape index (κ3) is 3.01. The van der Waals surface area contributed by atoms with Crippen molar-refractivity contribution in [3.63, 3.8) is 0 Å². The highest BCUT2D eigenvalue weighted by atomic mass is 32.1. The molecule has 22 heavy (non-hydrogen) atoms. The zero-order chi connectivity index (χ0) is 15.5. The molecule has 0 unspecified atom stereocenters. The van der Waals surface area contributed by atoms with E-state index in [-0.39, 0.29) is 5.97 Å². The van der Waals surface area contributed by atoms with E-state index in [2.05, 4.69) is 27.6 Å². The number of fused-ring (bicyclic) bond motifs is 1. The number of anilines is 1. The second-order valence-corrected chi connectivity index (χ2v) is 6.07. The molecule has 0 saturated heterocycles. The lowest BCUT2D eigenvalue weighted by atomic mass is 10.1. The van der Waals surface area contributed by atoms with Gasteiger partial charge in [-0.05, 0) is 25.0 Å². The molecule has 0 aliphatic heterocycles. The van der Waals surface area contributed by atoms with Gasteiger partial charge in [0, 0.05) is 18.6 Å². The van der Waals surface area contributed by atoms with Crippen molar-refractivity contribution in [1.82, 2.24) is 4.98 Å². The first-order valence-corrected chi connectivity index (χ1v) is 8.01. The van der Waals surface area contributed by atoms with Crippen molar-refractivity contribution in [2.24, 2.45) is 5.10 Å². The maximum Gasteiger partial charge on any atom is 0.350 e. The molecule has 6 heteroatoms. The van der Waals surface area contributed by atoms with Crippen LogP contribution < -0.4 is 5.43 Å². The van der Waals surface area contributed by atoms with Gasteiger partial charge in [0.15, 0.2) is 0 Å². The van der Waals surface area contributed by atoms with Gasteiger partial charge in [-0.2, -0.15) is 5.10 Å². The molecule has 1 N–H and O–H groups in total. The highest BCUT2D eigenvalue weighted by Crippen LogP contribution is 2.24. The first-order valence-electron chi connectivity index (χ1n) is 7.20. The molecule has 0 bridgehead atoms. The van der Waals surface area contributed by atoms with Crippen LogP contribution >= 0.6 is 11.3 Å². The average Bonchev–Trinajstić information content (AvgIpc) is 3.08. The minimum atomic E-state index is -0.327. The van der Waals surface area contributed by atoms with Gasteiger partial charge < -0.3 is 4.74 Å². The Labute approximate surface area is 133 Å². The molecule has 1 aromatic heterocycles. The smallest absolute Gasteiger partial charge is 0.350 e. The summed E-state index contributed by atoms with van der Waals surface area (Å²) in [4.78, 5) is 16.6. The molecule has 3 rings (SSSR count). The van der Waals surface area contributed by atoms with Crippen LogP contribution in [-0.4, -0.2) is 23.3 Å². The van der Waals surface area contributed by atoms with E-state index in [1.165, 1.54) is 22.5 Å². The van der Waals surface area contributed by atoms with Gasteiger partial charge in [-0.25, -0.2) is 9.78 Å². The van der Waals surface area contributed by atoms with Gasteiger partial charge in [-0.1, -0.05) is 35.6 Å². The Kier molecular flexibility index (Phi) is 4.20. The summed E-state index contributed by atoms with van der Waals surface area (Å²) in [6.45, 7) is 3.95. The fourth-order valence-corrected chi connectivity index (χ4v) is 3.24. The molecule has 114 valence electrons. The third-order valence-corrected chi connectivity index (χ3v) is 4.52. The second-order valence-electron chi connectivity index (χ2n) is 5.07. The molecule has 1 aliphatic carbocycles. The SMILES string of the molecule is CCOC(=O)c1sc(NN=C2Cc3ccccc3C2)nc1C. The monoisotopic (exact) mass is 315 g/mol. The van der Waals surface area contributed by atoms with Crippen LogP contribution in [0, 0.1) is 6.92 Å². The number of rotatable bonds is 4. The number of thiazole rings is 1. The van der Waals surface area contributed by atoms with E-state index in [0.29, 0.717) is 22.3 Å². The Morgan fingerprint density at radius 3 is 2.68 bits per heavy atom. The zero-order valence-electron chi connectivity index (χ0n) is 12.5. The number of hydrazone groups is 1. The van der Waals surface area contributed by atoms with E-state index in [4.69, 9.17) is 4.74 Å². The van der Waals surface area contributed by atoms with Crippen molar-refractivity contribution in [2.75, 3.05) is 12.0 Å². The molecule has 0 radical (unpaired) electrons. The van der Waals surface area contributed by atoms with E-state index in [9.17, 15) is 4.79 Å². The zero-order valence-corrected chi connectivity index (χ0v) is 13.4. The number of esters is 1. The van der Waals surface area contributed by atoms with Gasteiger partial charge in [0.05, 0.1) is 12.3 Å². The van der Waals surface area contributed by atoms with Crippen LogP contribution in [0.1, 0.15) is 33.4 Å². The van der Waals surface area contributed by atoms with Gasteiger partial charge in [0.25, 0.3) is 0 Å². The first-order chi connectivity index (χ1) is 10.7. The molecule has 1 aromatic carbocycles. The summed E-state index contributed by atoms with van der Waals surface area (Å²) in [5, 5.41) is 5.05. The maximum absolute atomic E-state index is 11.8. The fraction of sp³-hybridized carbons (Fsp3) is 0.312. The normalized spacial score (nSPS) is 12.9. The molecule has 2 aromatic rings. The summed E-state index contributed by atoms with van der Waals surface area (Å²) in [6.07, 6.45) is 1.72. The molecule has 0 amide bonds. The predicted molar refractivity (Wildman–Crippen MR) is 87.7 cm³/mol. The van der Waals surface area contributed by atoms with Crippen LogP contribution in [0.15, 0.2) is 29.4 Å². The van der Waals surface area contributed by atoms with E-state index in [1.807, 2.05) is 12.1 Å². The molecular formula is C16H17N3O2S. The highest BCUT2D eigenvalue weighted by Gasteiger charge is 2.18. The van der Waals surface area contributed by atoms with Crippen molar-refractivity contribution in [3.05, 3.63) is 46.0 Å². The van der Waals surface area contributed by atoms with Crippen LogP contribution in [0.2, 0.25) is 0 Å². The van der Waals surface area contributed by atoms with Gasteiger partial charge in [0.1, 0.15) is 4.88 Å². The lowest BCUT2D eigenvalue weighted by Gasteiger charge is -1.98. The van der Waals surface area contributed by atoms with Crippen LogP contribution in [0.25, 0.3) is 0 Å². The second kappa shape index (κ2) is 6.27. The summed E-state index contributed by atoms with van der Waals surface area (Å²) >= 11 is 1.27. The largest absolute Gasteiger partial charge is 0.462 e. The lowest BCUT2D eigenvalue weighted by Crippen LogP contribution is -2.03. The topological polar surface area (TPSA) is 63.6 Å². The summed E-state index contributed by atoms with van der Waals surface area (Å²) in [7, 11) is 0. The Hall–Kier alpha value is -2.21. The Morgan fingerprint density at radius 2 is 2.05 bits per heavy atom. The Bertz CT molecular complexity index is 710. The van der Waals surface area contributed by atoms with E-state index in [1.54, 1.807) is 13.8 Å². The number of aromatic nitrogens is 1. The summed E-state index contributed by atoms with van der Waals surface area (Å²) < 4.78 is 5.01. The number of hydrogen-bond donors (Lipinski definition) is 1. The van der Waals surface area contributed by atoms with Crippen molar-refractivity contribution in [3.8, 4) is 0 Å². The number of benzene rings is 1. The number of nitrogens with one attached hydrogen (secondary N) is 1. The molecule has 0 saturated carbocycles. The summed E-state index contributed by atoms with van der Waals surface area (Å²) in [5.41, 5.74) is 7.36. The van der Waals surface area contributed by atoms with Crippen molar-refractivity contribution >= 4 is 28.1 Å². The summed E-state index contributed by atoms with van der Waals surface area (Å²) in [5.74, 6) is -0.327. The maximum atomic E-state index is 11.8. The molecule has 1 heterocycles. The van der Waals surface area contributed by atoms with Gasteiger partial charge in [-0.15, -0.1) is 0 Å². The number of carbonyl (C=O) groups is 1. The van der Waals surface area contributed by atoms with Crippen molar-refractivity contribution < 1.29 is 9.53 Å². The summed E-state index contributed by atoms with van der Waals surface area (Å²) in [6, 6.07) is 8.35. The van der Waals surface area contributed by atoms with E-state index >= 15 is 0 Å².